The van der Waals surface area contributed by atoms with E-state index < -0.39 is 24.2 Å². The summed E-state index contributed by atoms with van der Waals surface area (Å²) in [6.45, 7) is 7.75. The van der Waals surface area contributed by atoms with Crippen molar-refractivity contribution in [2.75, 3.05) is 39.9 Å². The van der Waals surface area contributed by atoms with Crippen LogP contribution in [0.2, 0.25) is 5.02 Å². The van der Waals surface area contributed by atoms with Gasteiger partial charge >= 0.3 is 12.2 Å². The van der Waals surface area contributed by atoms with Gasteiger partial charge in [0.25, 0.3) is 5.91 Å². The molecule has 0 aliphatic rings. The van der Waals surface area contributed by atoms with Gasteiger partial charge in [0.15, 0.2) is 6.61 Å². The summed E-state index contributed by atoms with van der Waals surface area (Å²) in [5.74, 6) is 0.193. The van der Waals surface area contributed by atoms with Gasteiger partial charge < -0.3 is 31.2 Å². The normalized spacial score (nSPS) is 11.7. The second kappa shape index (κ2) is 22.9. The fraction of sp³-hybridized carbons (Fsp3) is 0.395. The van der Waals surface area contributed by atoms with Crippen LogP contribution >= 0.6 is 11.6 Å². The number of halogens is 4. The Morgan fingerprint density at radius 2 is 1.70 bits per heavy atom. The summed E-state index contributed by atoms with van der Waals surface area (Å²) in [5.41, 5.74) is 11.8. The smallest absolute Gasteiger partial charge is 0.422 e. The number of carbonyl (C=O) groups is 2. The molecule has 5 N–H and O–H groups in total. The Morgan fingerprint density at radius 1 is 1.00 bits per heavy atom. The van der Waals surface area contributed by atoms with Gasteiger partial charge in [0.2, 0.25) is 5.91 Å². The fourth-order valence-electron chi connectivity index (χ4n) is 4.97. The molecule has 0 aromatic heterocycles. The van der Waals surface area contributed by atoms with Crippen molar-refractivity contribution in [3.63, 3.8) is 0 Å². The van der Waals surface area contributed by atoms with Crippen LogP contribution in [0.3, 0.4) is 0 Å². The number of nitrogens with one attached hydrogen (secondary N) is 1. The average molecular weight is 760 g/mol. The van der Waals surface area contributed by atoms with E-state index in [9.17, 15) is 22.8 Å². The summed E-state index contributed by atoms with van der Waals surface area (Å²) >= 11 is 6.38. The highest BCUT2D eigenvalue weighted by Gasteiger charge is 2.29. The number of hydrogen-bond acceptors (Lipinski definition) is 7. The first-order valence-electron chi connectivity index (χ1n) is 16.9. The number of hydrogen-bond donors (Lipinski definition) is 3. The second-order valence-corrected chi connectivity index (χ2v) is 12.9. The Hall–Kier alpha value is -4.95. The van der Waals surface area contributed by atoms with E-state index in [1.807, 2.05) is 55.1 Å². The molecule has 0 bridgehead atoms. The van der Waals surface area contributed by atoms with Crippen LogP contribution in [0.25, 0.3) is 0 Å². The number of amidine groups is 1. The minimum absolute atomic E-state index is 0.0124. The van der Waals surface area contributed by atoms with Crippen LogP contribution in [0, 0.1) is 5.41 Å². The Morgan fingerprint density at radius 3 is 2.32 bits per heavy atom. The van der Waals surface area contributed by atoms with Gasteiger partial charge in [-0.25, -0.2) is 0 Å². The van der Waals surface area contributed by atoms with E-state index in [0.29, 0.717) is 61.8 Å². The number of amides is 2. The molecule has 0 atom stereocenters. The Balaban J connectivity index is 0.00000477. The number of rotatable bonds is 18. The lowest BCUT2D eigenvalue weighted by Crippen LogP contribution is -2.45. The van der Waals surface area contributed by atoms with E-state index >= 15 is 0 Å². The minimum atomic E-state index is -4.58. The fourth-order valence-corrected chi connectivity index (χ4v) is 5.22. The van der Waals surface area contributed by atoms with Crippen LogP contribution in [0.5, 0.6) is 5.75 Å². The Bertz CT molecular complexity index is 1640. The molecule has 15 heteroatoms. The minimum Gasteiger partial charge on any atom is -0.492 e. The standard InChI is InChI=1S/C37H44ClF3N6O4.CH5N/c1-36(2,23-44-34(49)29-14-16-30(17-15-29)46-35(45-26-42)51-25-37(39,40)41)24-47(33(48)12-7-11-27-9-5-4-6-10-27)19-8-20-50-32-18-13-28(22-43-3)21-31(32)38;1-2/h4-6,9-10,13-18,21,26H,3,7-8,11-12,19-20,22-25H2,1-2H3,(H,44,49)(H2,42,45,46);2H2,1H3. The summed E-state index contributed by atoms with van der Waals surface area (Å²) in [4.78, 5) is 39.6. The monoisotopic (exact) mass is 759 g/mol. The molecule has 0 spiro atoms. The predicted molar refractivity (Wildman–Crippen MR) is 205 cm³/mol. The summed E-state index contributed by atoms with van der Waals surface area (Å²) in [7, 11) is 1.50. The maximum absolute atomic E-state index is 13.5. The lowest BCUT2D eigenvalue weighted by molar-refractivity contribution is -0.156. The van der Waals surface area contributed by atoms with Gasteiger partial charge in [0.05, 0.1) is 30.2 Å². The van der Waals surface area contributed by atoms with Crippen LogP contribution in [-0.2, 0) is 22.5 Å². The lowest BCUT2D eigenvalue weighted by atomic mass is 9.92. The van der Waals surface area contributed by atoms with E-state index in [0.717, 1.165) is 18.3 Å². The molecule has 0 heterocycles. The van der Waals surface area contributed by atoms with Gasteiger partial charge in [-0.1, -0.05) is 61.8 Å². The first kappa shape index (κ1) is 44.2. The molecule has 2 amide bonds. The van der Waals surface area contributed by atoms with Crippen molar-refractivity contribution in [1.29, 1.82) is 0 Å². The van der Waals surface area contributed by atoms with E-state index in [4.69, 9.17) is 22.1 Å². The SMILES string of the molecule is C=NCc1ccc(OCCCN(CC(C)(C)CNC(=O)c2ccc(N=C(/N=C/N)OCC(F)(F)F)cc2)C(=O)CCCc2ccccc2)c(Cl)c1.CN. The van der Waals surface area contributed by atoms with Crippen molar-refractivity contribution in [1.82, 2.24) is 10.2 Å². The zero-order valence-electron chi connectivity index (χ0n) is 30.4. The number of nitrogens with zero attached hydrogens (tertiary/aromatic N) is 4. The van der Waals surface area contributed by atoms with Gasteiger partial charge in [-0.3, -0.25) is 14.6 Å². The summed E-state index contributed by atoms with van der Waals surface area (Å²) in [6.07, 6.45) is -1.39. The molecule has 0 fully saturated rings. The van der Waals surface area contributed by atoms with Crippen molar-refractivity contribution in [3.05, 3.63) is 94.5 Å². The number of aliphatic imine (C=N–C) groups is 3. The molecule has 0 saturated carbocycles. The van der Waals surface area contributed by atoms with Crippen molar-refractivity contribution in [2.45, 2.75) is 52.3 Å². The topological polar surface area (TPSA) is 157 Å². The van der Waals surface area contributed by atoms with E-state index in [-0.39, 0.29) is 24.0 Å². The van der Waals surface area contributed by atoms with Crippen LogP contribution in [0.1, 0.15) is 54.6 Å². The van der Waals surface area contributed by atoms with Gasteiger partial charge in [0.1, 0.15) is 5.75 Å². The molecule has 0 saturated heterocycles. The Labute approximate surface area is 314 Å². The average Bonchev–Trinajstić information content (AvgIpc) is 3.13. The second-order valence-electron chi connectivity index (χ2n) is 12.5. The largest absolute Gasteiger partial charge is 0.492 e. The van der Waals surface area contributed by atoms with Crippen LogP contribution in [-0.4, -0.2) is 81.9 Å². The number of nitrogens with two attached hydrogens (primary N) is 2. The van der Waals surface area contributed by atoms with Crippen molar-refractivity contribution in [2.24, 2.45) is 31.9 Å². The van der Waals surface area contributed by atoms with Gasteiger partial charge in [0, 0.05) is 31.6 Å². The lowest BCUT2D eigenvalue weighted by Gasteiger charge is -2.33. The summed E-state index contributed by atoms with van der Waals surface area (Å²) in [5, 5.41) is 3.40. The van der Waals surface area contributed by atoms with E-state index in [2.05, 4.69) is 37.5 Å². The highest BCUT2D eigenvalue weighted by molar-refractivity contribution is 6.32. The third-order valence-corrected chi connectivity index (χ3v) is 7.72. The van der Waals surface area contributed by atoms with Crippen LogP contribution < -0.4 is 21.5 Å². The maximum atomic E-state index is 13.5. The van der Waals surface area contributed by atoms with Crippen molar-refractivity contribution < 1.29 is 32.2 Å². The van der Waals surface area contributed by atoms with Gasteiger partial charge in [-0.05, 0) is 86.0 Å². The number of alkyl halides is 3. The molecule has 288 valence electrons. The summed E-state index contributed by atoms with van der Waals surface area (Å²) in [6, 6.07) is 20.7. The number of benzene rings is 3. The molecular formula is C38H49ClF3N7O4. The molecule has 3 rings (SSSR count). The van der Waals surface area contributed by atoms with E-state index in [1.54, 1.807) is 12.1 Å². The predicted octanol–water partition coefficient (Wildman–Crippen LogP) is 6.75. The van der Waals surface area contributed by atoms with Crippen LogP contribution in [0.15, 0.2) is 87.8 Å². The maximum Gasteiger partial charge on any atom is 0.422 e. The molecule has 3 aromatic carbocycles. The molecule has 53 heavy (non-hydrogen) atoms. The van der Waals surface area contributed by atoms with Crippen molar-refractivity contribution in [3.8, 4) is 5.75 Å². The van der Waals surface area contributed by atoms with Crippen molar-refractivity contribution >= 4 is 48.2 Å². The number of ether oxygens (including phenoxy) is 2. The number of carbonyl (C=O) groups excluding carboxylic acids is 2. The zero-order chi connectivity index (χ0) is 39.3. The molecular weight excluding hydrogens is 711 g/mol. The first-order chi connectivity index (χ1) is 25.3. The van der Waals surface area contributed by atoms with Crippen LogP contribution in [0.4, 0.5) is 18.9 Å². The number of aryl methyl sites for hydroxylation is 1. The third-order valence-electron chi connectivity index (χ3n) is 7.42. The van der Waals surface area contributed by atoms with E-state index in [1.165, 1.54) is 36.9 Å². The third kappa shape index (κ3) is 17.4. The highest BCUT2D eigenvalue weighted by atomic mass is 35.5. The molecule has 0 aliphatic carbocycles. The molecule has 3 aromatic rings. The Kier molecular flexibility index (Phi) is 19.1. The summed E-state index contributed by atoms with van der Waals surface area (Å²) < 4.78 is 48.1. The molecule has 11 nitrogen and oxygen atoms in total. The van der Waals surface area contributed by atoms with Gasteiger partial charge in [-0.15, -0.1) is 0 Å². The molecule has 0 radical (unpaired) electrons. The zero-order valence-corrected chi connectivity index (χ0v) is 31.1. The quantitative estimate of drug-likeness (QED) is 0.0741. The molecule has 0 unspecified atom stereocenters. The highest BCUT2D eigenvalue weighted by Crippen LogP contribution is 2.26. The van der Waals surface area contributed by atoms with Gasteiger partial charge in [-0.2, -0.15) is 23.2 Å². The first-order valence-corrected chi connectivity index (χ1v) is 17.3. The molecule has 0 aliphatic heterocycles.